The second-order valence-corrected chi connectivity index (χ2v) is 6.89. The Morgan fingerprint density at radius 3 is 2.39 bits per heavy atom. The topological polar surface area (TPSA) is 26.3 Å². The predicted molar refractivity (Wildman–Crippen MR) is 92.7 cm³/mol. The molecule has 1 saturated carbocycles. The van der Waals surface area contributed by atoms with E-state index in [9.17, 15) is 4.79 Å². The zero-order chi connectivity index (χ0) is 16.4. The van der Waals surface area contributed by atoms with E-state index in [2.05, 4.69) is 26.0 Å². The lowest BCUT2D eigenvalue weighted by Gasteiger charge is -2.39. The van der Waals surface area contributed by atoms with E-state index in [1.807, 2.05) is 30.3 Å². The van der Waals surface area contributed by atoms with Crippen molar-refractivity contribution in [3.63, 3.8) is 0 Å². The molecule has 23 heavy (non-hydrogen) atoms. The van der Waals surface area contributed by atoms with Crippen molar-refractivity contribution in [2.24, 2.45) is 0 Å². The maximum atomic E-state index is 12.7. The van der Waals surface area contributed by atoms with Crippen molar-refractivity contribution in [2.45, 2.75) is 45.1 Å². The minimum atomic E-state index is -0.483. The molecule has 3 rings (SSSR count). The Hall–Kier alpha value is -1.80. The molecule has 3 heteroatoms. The van der Waals surface area contributed by atoms with E-state index in [-0.39, 0.29) is 5.97 Å². The van der Waals surface area contributed by atoms with E-state index in [0.29, 0.717) is 11.6 Å². The molecule has 0 heterocycles. The predicted octanol–water partition coefficient (Wildman–Crippen LogP) is 5.12. The summed E-state index contributed by atoms with van der Waals surface area (Å²) in [7, 11) is 0. The smallest absolute Gasteiger partial charge is 0.316 e. The minimum Gasteiger partial charge on any atom is -0.460 e. The molecule has 2 aromatic rings. The number of carbonyl (C=O) groups excluding carboxylic acids is 1. The standard InChI is InChI=1S/C20H21ClO2/c1-14-4-5-16(15(2)12-14)13-23-19(22)20(10-3-11-20)17-6-8-18(21)9-7-17/h4-9,12H,3,10-11,13H2,1-2H3. The zero-order valence-electron chi connectivity index (χ0n) is 13.6. The fourth-order valence-electron chi connectivity index (χ4n) is 3.20. The summed E-state index contributed by atoms with van der Waals surface area (Å²) in [5, 5.41) is 0.687. The van der Waals surface area contributed by atoms with Crippen LogP contribution in [0.5, 0.6) is 0 Å². The molecule has 1 fully saturated rings. The molecular formula is C20H21ClO2. The van der Waals surface area contributed by atoms with E-state index in [4.69, 9.17) is 16.3 Å². The second kappa shape index (κ2) is 6.37. The number of halogens is 1. The summed E-state index contributed by atoms with van der Waals surface area (Å²) in [6, 6.07) is 13.8. The van der Waals surface area contributed by atoms with Crippen LogP contribution in [-0.2, 0) is 21.6 Å². The van der Waals surface area contributed by atoms with Gasteiger partial charge in [0.15, 0.2) is 0 Å². The van der Waals surface area contributed by atoms with Crippen molar-refractivity contribution in [3.05, 3.63) is 69.7 Å². The highest BCUT2D eigenvalue weighted by Gasteiger charge is 2.47. The van der Waals surface area contributed by atoms with Gasteiger partial charge in [-0.15, -0.1) is 0 Å². The zero-order valence-corrected chi connectivity index (χ0v) is 14.3. The first-order chi connectivity index (χ1) is 11.0. The van der Waals surface area contributed by atoms with Gasteiger partial charge in [0.05, 0.1) is 5.41 Å². The van der Waals surface area contributed by atoms with Crippen LogP contribution >= 0.6 is 11.6 Å². The normalized spacial score (nSPS) is 15.8. The van der Waals surface area contributed by atoms with E-state index in [1.54, 1.807) is 0 Å². The molecule has 2 nitrogen and oxygen atoms in total. The molecule has 0 bridgehead atoms. The van der Waals surface area contributed by atoms with Crippen LogP contribution in [0.1, 0.15) is 41.5 Å². The Morgan fingerprint density at radius 2 is 1.83 bits per heavy atom. The van der Waals surface area contributed by atoms with Gasteiger partial charge in [0, 0.05) is 5.02 Å². The van der Waals surface area contributed by atoms with E-state index >= 15 is 0 Å². The summed E-state index contributed by atoms with van der Waals surface area (Å²) in [5.74, 6) is -0.119. The van der Waals surface area contributed by atoms with Gasteiger partial charge in [-0.25, -0.2) is 0 Å². The van der Waals surface area contributed by atoms with Crippen LogP contribution in [0.25, 0.3) is 0 Å². The summed E-state index contributed by atoms with van der Waals surface area (Å²) in [4.78, 5) is 12.7. The number of benzene rings is 2. The van der Waals surface area contributed by atoms with Crippen LogP contribution in [0.2, 0.25) is 5.02 Å². The van der Waals surface area contributed by atoms with E-state index in [1.165, 1.54) is 5.56 Å². The van der Waals surface area contributed by atoms with Crippen LogP contribution in [0.3, 0.4) is 0 Å². The van der Waals surface area contributed by atoms with Gasteiger partial charge in [-0.2, -0.15) is 0 Å². The molecule has 0 amide bonds. The average molecular weight is 329 g/mol. The number of hydrogen-bond donors (Lipinski definition) is 0. The molecule has 0 saturated heterocycles. The lowest BCUT2D eigenvalue weighted by molar-refractivity contribution is -0.155. The van der Waals surface area contributed by atoms with Crippen molar-refractivity contribution in [1.29, 1.82) is 0 Å². The number of aryl methyl sites for hydroxylation is 2. The van der Waals surface area contributed by atoms with E-state index in [0.717, 1.165) is 36.0 Å². The van der Waals surface area contributed by atoms with Crippen LogP contribution in [0, 0.1) is 13.8 Å². The molecule has 0 aromatic heterocycles. The number of rotatable bonds is 4. The highest BCUT2D eigenvalue weighted by Crippen LogP contribution is 2.45. The molecule has 0 spiro atoms. The van der Waals surface area contributed by atoms with Gasteiger partial charge in [-0.3, -0.25) is 4.79 Å². The summed E-state index contributed by atoms with van der Waals surface area (Å²) in [6.07, 6.45) is 2.75. The Morgan fingerprint density at radius 1 is 1.13 bits per heavy atom. The molecule has 120 valence electrons. The van der Waals surface area contributed by atoms with Crippen molar-refractivity contribution in [2.75, 3.05) is 0 Å². The third-order valence-corrected chi connectivity index (χ3v) is 5.10. The van der Waals surface area contributed by atoms with Gasteiger partial charge >= 0.3 is 5.97 Å². The molecule has 0 N–H and O–H groups in total. The van der Waals surface area contributed by atoms with Gasteiger partial charge in [-0.05, 0) is 55.5 Å². The van der Waals surface area contributed by atoms with Gasteiger partial charge in [0.1, 0.15) is 6.61 Å². The monoisotopic (exact) mass is 328 g/mol. The average Bonchev–Trinajstić information content (AvgIpc) is 2.47. The highest BCUT2D eigenvalue weighted by atomic mass is 35.5. The maximum Gasteiger partial charge on any atom is 0.316 e. The molecule has 2 aromatic carbocycles. The summed E-state index contributed by atoms with van der Waals surface area (Å²) in [6.45, 7) is 4.45. The van der Waals surface area contributed by atoms with Gasteiger partial charge < -0.3 is 4.74 Å². The molecule has 0 atom stereocenters. The number of ether oxygens (including phenoxy) is 1. The molecular weight excluding hydrogens is 308 g/mol. The molecule has 0 radical (unpaired) electrons. The fourth-order valence-corrected chi connectivity index (χ4v) is 3.33. The first-order valence-corrected chi connectivity index (χ1v) is 8.38. The second-order valence-electron chi connectivity index (χ2n) is 6.45. The number of carbonyl (C=O) groups is 1. The van der Waals surface area contributed by atoms with Gasteiger partial charge in [0.25, 0.3) is 0 Å². The van der Waals surface area contributed by atoms with E-state index < -0.39 is 5.41 Å². The summed E-state index contributed by atoms with van der Waals surface area (Å²) in [5.41, 5.74) is 3.97. The largest absolute Gasteiger partial charge is 0.460 e. The Labute approximate surface area is 142 Å². The summed E-state index contributed by atoms with van der Waals surface area (Å²) < 4.78 is 5.67. The van der Waals surface area contributed by atoms with Crippen LogP contribution < -0.4 is 0 Å². The Balaban J connectivity index is 1.74. The van der Waals surface area contributed by atoms with Crippen molar-refractivity contribution in [3.8, 4) is 0 Å². The third-order valence-electron chi connectivity index (χ3n) is 4.85. The van der Waals surface area contributed by atoms with Crippen molar-refractivity contribution >= 4 is 17.6 Å². The van der Waals surface area contributed by atoms with Crippen LogP contribution in [-0.4, -0.2) is 5.97 Å². The van der Waals surface area contributed by atoms with Crippen molar-refractivity contribution < 1.29 is 9.53 Å². The third kappa shape index (κ3) is 3.13. The summed E-state index contributed by atoms with van der Waals surface area (Å²) >= 11 is 5.96. The Bertz CT molecular complexity index is 715. The maximum absolute atomic E-state index is 12.7. The van der Waals surface area contributed by atoms with Crippen LogP contribution in [0.15, 0.2) is 42.5 Å². The Kier molecular flexibility index (Phi) is 4.45. The molecule has 0 unspecified atom stereocenters. The highest BCUT2D eigenvalue weighted by molar-refractivity contribution is 6.30. The molecule has 0 aliphatic heterocycles. The quantitative estimate of drug-likeness (QED) is 0.728. The number of esters is 1. The van der Waals surface area contributed by atoms with Crippen LogP contribution in [0.4, 0.5) is 0 Å². The lowest BCUT2D eigenvalue weighted by Crippen LogP contribution is -2.43. The molecule has 1 aliphatic rings. The lowest BCUT2D eigenvalue weighted by atomic mass is 9.64. The number of hydrogen-bond acceptors (Lipinski definition) is 2. The van der Waals surface area contributed by atoms with Gasteiger partial charge in [0.2, 0.25) is 0 Å². The molecule has 1 aliphatic carbocycles. The first kappa shape index (κ1) is 16.1. The SMILES string of the molecule is Cc1ccc(COC(=O)C2(c3ccc(Cl)cc3)CCC2)c(C)c1. The van der Waals surface area contributed by atoms with Gasteiger partial charge in [-0.1, -0.05) is 53.9 Å². The van der Waals surface area contributed by atoms with Crippen molar-refractivity contribution in [1.82, 2.24) is 0 Å². The first-order valence-electron chi connectivity index (χ1n) is 8.01. The minimum absolute atomic E-state index is 0.119. The fraction of sp³-hybridized carbons (Fsp3) is 0.350.